The Labute approximate surface area is 247 Å². The van der Waals surface area contributed by atoms with E-state index >= 15 is 0 Å². The average molecular weight is 644 g/mol. The number of halogens is 1. The minimum Gasteiger partial charge on any atom is -0.496 e. The fourth-order valence-corrected chi connectivity index (χ4v) is 6.56. The summed E-state index contributed by atoms with van der Waals surface area (Å²) in [6, 6.07) is 9.17. The van der Waals surface area contributed by atoms with E-state index in [0.29, 0.717) is 62.7 Å². The molecular formula is C28H27BrN4O7S. The maximum atomic E-state index is 14.1. The summed E-state index contributed by atoms with van der Waals surface area (Å²) in [6.45, 7) is 5.90. The van der Waals surface area contributed by atoms with E-state index in [1.807, 2.05) is 0 Å². The standard InChI is InChI=1S/C28H27BrN4O7S/c1-4-40-27(35)24-16(2)30-28-32(25(24)17-5-8-22(38-3)20(29)14-17)26(34)23(41-28)15-18-13-19(33(36)37)6-7-21(18)31-9-11-39-12-10-31/h5-8,13-15,25H,4,9-12H2,1-3H3/b23-15+/t25-/m0/s1. The minimum atomic E-state index is -0.807. The molecule has 2 aliphatic rings. The molecule has 11 nitrogen and oxygen atoms in total. The third-order valence-corrected chi connectivity index (χ3v) is 8.47. The lowest BCUT2D eigenvalue weighted by molar-refractivity contribution is -0.384. The lowest BCUT2D eigenvalue weighted by Gasteiger charge is -2.30. The van der Waals surface area contributed by atoms with E-state index in [2.05, 4.69) is 25.8 Å². The van der Waals surface area contributed by atoms with Crippen molar-refractivity contribution < 1.29 is 23.9 Å². The lowest BCUT2D eigenvalue weighted by Crippen LogP contribution is -2.40. The molecule has 13 heteroatoms. The average Bonchev–Trinajstić information content (AvgIpc) is 3.26. The molecule has 2 aromatic carbocycles. The second-order valence-electron chi connectivity index (χ2n) is 9.30. The van der Waals surface area contributed by atoms with Crippen LogP contribution in [0.2, 0.25) is 0 Å². The molecular weight excluding hydrogens is 616 g/mol. The molecule has 0 N–H and O–H groups in total. The highest BCUT2D eigenvalue weighted by Crippen LogP contribution is 2.35. The SMILES string of the molecule is CCOC(=O)C1=C(C)N=c2s/c(=C/c3cc([N+](=O)[O-])ccc3N3CCOCC3)c(=O)n2[C@H]1c1ccc(OC)c(Br)c1. The van der Waals surface area contributed by atoms with Gasteiger partial charge < -0.3 is 19.1 Å². The van der Waals surface area contributed by atoms with Gasteiger partial charge in [0.2, 0.25) is 0 Å². The molecule has 0 spiro atoms. The Balaban J connectivity index is 1.72. The lowest BCUT2D eigenvalue weighted by atomic mass is 9.96. The van der Waals surface area contributed by atoms with Gasteiger partial charge in [-0.1, -0.05) is 17.4 Å². The zero-order valence-corrected chi connectivity index (χ0v) is 25.0. The number of carbonyl (C=O) groups excluding carboxylic acids is 1. The van der Waals surface area contributed by atoms with Crippen molar-refractivity contribution in [2.45, 2.75) is 19.9 Å². The number of nitro groups is 1. The summed E-state index contributed by atoms with van der Waals surface area (Å²) in [6.07, 6.45) is 1.66. The number of morpholine rings is 1. The van der Waals surface area contributed by atoms with E-state index in [9.17, 15) is 19.7 Å². The number of carbonyl (C=O) groups is 1. The van der Waals surface area contributed by atoms with Gasteiger partial charge in [-0.2, -0.15) is 0 Å². The number of esters is 1. The van der Waals surface area contributed by atoms with Gasteiger partial charge in [0, 0.05) is 36.5 Å². The molecule has 2 aliphatic heterocycles. The first-order valence-electron chi connectivity index (χ1n) is 12.9. The normalized spacial score (nSPS) is 17.2. The monoisotopic (exact) mass is 642 g/mol. The largest absolute Gasteiger partial charge is 0.496 e. The first kappa shape index (κ1) is 28.7. The van der Waals surface area contributed by atoms with Gasteiger partial charge >= 0.3 is 5.97 Å². The number of fused-ring (bicyclic) bond motifs is 1. The minimum absolute atomic E-state index is 0.0811. The van der Waals surface area contributed by atoms with Crippen molar-refractivity contribution in [1.29, 1.82) is 0 Å². The molecule has 0 amide bonds. The molecule has 41 heavy (non-hydrogen) atoms. The zero-order chi connectivity index (χ0) is 29.3. The van der Waals surface area contributed by atoms with Crippen LogP contribution < -0.4 is 24.5 Å². The van der Waals surface area contributed by atoms with Crippen LogP contribution in [0.25, 0.3) is 6.08 Å². The summed E-state index contributed by atoms with van der Waals surface area (Å²) in [7, 11) is 1.55. The van der Waals surface area contributed by atoms with Crippen LogP contribution >= 0.6 is 27.3 Å². The van der Waals surface area contributed by atoms with E-state index in [0.717, 1.165) is 17.0 Å². The number of anilines is 1. The van der Waals surface area contributed by atoms with Crippen LogP contribution in [0, 0.1) is 10.1 Å². The summed E-state index contributed by atoms with van der Waals surface area (Å²) in [5.74, 6) is 0.0362. The summed E-state index contributed by atoms with van der Waals surface area (Å²) < 4.78 is 18.7. The van der Waals surface area contributed by atoms with E-state index < -0.39 is 16.9 Å². The van der Waals surface area contributed by atoms with Crippen molar-refractivity contribution in [3.05, 3.63) is 93.1 Å². The maximum absolute atomic E-state index is 14.1. The fraction of sp³-hybridized carbons (Fsp3) is 0.321. The van der Waals surface area contributed by atoms with Gasteiger partial charge in [-0.25, -0.2) is 9.79 Å². The molecule has 0 bridgehead atoms. The molecule has 5 rings (SSSR count). The van der Waals surface area contributed by atoms with Crippen molar-refractivity contribution >= 4 is 50.7 Å². The second kappa shape index (κ2) is 12.0. The van der Waals surface area contributed by atoms with Gasteiger partial charge in [0.15, 0.2) is 4.80 Å². The number of ether oxygens (including phenoxy) is 3. The molecule has 0 unspecified atom stereocenters. The Kier molecular flexibility index (Phi) is 8.38. The number of nitrogens with zero attached hydrogens (tertiary/aromatic N) is 4. The Morgan fingerprint density at radius 1 is 1.27 bits per heavy atom. The van der Waals surface area contributed by atoms with Crippen LogP contribution in [-0.2, 0) is 14.3 Å². The third kappa shape index (κ3) is 5.56. The van der Waals surface area contributed by atoms with Gasteiger partial charge in [-0.15, -0.1) is 0 Å². The van der Waals surface area contributed by atoms with Crippen molar-refractivity contribution in [1.82, 2.24) is 4.57 Å². The summed E-state index contributed by atoms with van der Waals surface area (Å²) in [4.78, 5) is 45.5. The van der Waals surface area contributed by atoms with Crippen molar-refractivity contribution in [3.8, 4) is 5.75 Å². The first-order valence-corrected chi connectivity index (χ1v) is 14.5. The molecule has 1 atom stereocenters. The second-order valence-corrected chi connectivity index (χ2v) is 11.2. The highest BCUT2D eigenvalue weighted by Gasteiger charge is 2.34. The molecule has 3 heterocycles. The van der Waals surface area contributed by atoms with Crippen molar-refractivity contribution in [3.63, 3.8) is 0 Å². The number of hydrogen-bond acceptors (Lipinski definition) is 10. The number of aromatic nitrogens is 1. The molecule has 0 aliphatic carbocycles. The van der Waals surface area contributed by atoms with Gasteiger partial charge in [0.25, 0.3) is 11.2 Å². The molecule has 1 fully saturated rings. The van der Waals surface area contributed by atoms with E-state index in [-0.39, 0.29) is 23.4 Å². The summed E-state index contributed by atoms with van der Waals surface area (Å²) >= 11 is 4.67. The Morgan fingerprint density at radius 3 is 2.68 bits per heavy atom. The van der Waals surface area contributed by atoms with E-state index in [1.54, 1.807) is 51.3 Å². The highest BCUT2D eigenvalue weighted by molar-refractivity contribution is 9.10. The number of rotatable bonds is 7. The Bertz CT molecular complexity index is 1740. The molecule has 214 valence electrons. The van der Waals surface area contributed by atoms with E-state index in [1.165, 1.54) is 16.7 Å². The van der Waals surface area contributed by atoms with E-state index in [4.69, 9.17) is 14.2 Å². The third-order valence-electron chi connectivity index (χ3n) is 6.87. The fourth-order valence-electron chi connectivity index (χ4n) is 4.96. The van der Waals surface area contributed by atoms with Crippen molar-refractivity contribution in [2.75, 3.05) is 44.9 Å². The maximum Gasteiger partial charge on any atom is 0.338 e. The Hall–Kier alpha value is -3.81. The topological polar surface area (TPSA) is 126 Å². The number of non-ortho nitro benzene ring substituents is 1. The molecule has 3 aromatic rings. The van der Waals surface area contributed by atoms with Crippen LogP contribution in [0.5, 0.6) is 5.75 Å². The predicted molar refractivity (Wildman–Crippen MR) is 157 cm³/mol. The molecule has 0 saturated carbocycles. The number of nitro benzene ring substituents is 1. The van der Waals surface area contributed by atoms with Gasteiger partial charge in [-0.3, -0.25) is 19.5 Å². The van der Waals surface area contributed by atoms with Crippen LogP contribution in [0.4, 0.5) is 11.4 Å². The number of benzene rings is 2. The number of methoxy groups -OCH3 is 1. The molecule has 1 saturated heterocycles. The first-order chi connectivity index (χ1) is 19.7. The Morgan fingerprint density at radius 2 is 2.02 bits per heavy atom. The smallest absolute Gasteiger partial charge is 0.338 e. The number of thiazole rings is 1. The number of allylic oxidation sites excluding steroid dienone is 1. The molecule has 0 radical (unpaired) electrons. The predicted octanol–water partition coefficient (Wildman–Crippen LogP) is 3.31. The summed E-state index contributed by atoms with van der Waals surface area (Å²) in [5.41, 5.74) is 2.21. The van der Waals surface area contributed by atoms with Crippen LogP contribution in [0.15, 0.2) is 61.9 Å². The van der Waals surface area contributed by atoms with Gasteiger partial charge in [0.05, 0.1) is 58.2 Å². The van der Waals surface area contributed by atoms with Crippen LogP contribution in [0.1, 0.15) is 31.0 Å². The number of hydrogen-bond donors (Lipinski definition) is 0. The van der Waals surface area contributed by atoms with Gasteiger partial charge in [-0.05, 0) is 59.6 Å². The zero-order valence-electron chi connectivity index (χ0n) is 22.6. The molecule has 1 aromatic heterocycles. The van der Waals surface area contributed by atoms with Crippen LogP contribution in [-0.4, -0.2) is 55.5 Å². The quantitative estimate of drug-likeness (QED) is 0.218. The summed E-state index contributed by atoms with van der Waals surface area (Å²) in [5, 5.41) is 11.6. The van der Waals surface area contributed by atoms with Crippen molar-refractivity contribution in [2.24, 2.45) is 4.99 Å². The highest BCUT2D eigenvalue weighted by atomic mass is 79.9. The van der Waals surface area contributed by atoms with Gasteiger partial charge in [0.1, 0.15) is 5.75 Å². The van der Waals surface area contributed by atoms with Crippen LogP contribution in [0.3, 0.4) is 0 Å².